The maximum atomic E-state index is 11.9. The summed E-state index contributed by atoms with van der Waals surface area (Å²) in [5.74, 6) is 1.92. The Morgan fingerprint density at radius 1 is 1.27 bits per heavy atom. The monoisotopic (exact) mass is 373 g/mol. The third-order valence-corrected chi connectivity index (χ3v) is 6.64. The molecular formula is C18H23N5O2S. The van der Waals surface area contributed by atoms with Gasteiger partial charge in [-0.15, -0.1) is 0 Å². The number of sulfone groups is 1. The van der Waals surface area contributed by atoms with Crippen molar-refractivity contribution in [2.45, 2.75) is 45.1 Å². The molecule has 1 saturated heterocycles. The van der Waals surface area contributed by atoms with Gasteiger partial charge in [-0.2, -0.15) is 10.2 Å². The summed E-state index contributed by atoms with van der Waals surface area (Å²) in [5.41, 5.74) is 1.92. The van der Waals surface area contributed by atoms with Crippen molar-refractivity contribution in [3.05, 3.63) is 36.4 Å². The van der Waals surface area contributed by atoms with Gasteiger partial charge in [0.1, 0.15) is 0 Å². The number of nitrogens with zero attached hydrogens (tertiary/aromatic N) is 5. The highest BCUT2D eigenvalue weighted by Gasteiger charge is 2.32. The minimum Gasteiger partial charge on any atom is -0.241 e. The second-order valence-corrected chi connectivity index (χ2v) is 9.15. The van der Waals surface area contributed by atoms with Crippen molar-refractivity contribution < 1.29 is 8.42 Å². The van der Waals surface area contributed by atoms with Crippen molar-refractivity contribution in [3.63, 3.8) is 0 Å². The highest BCUT2D eigenvalue weighted by atomic mass is 32.2. The van der Waals surface area contributed by atoms with Gasteiger partial charge in [0, 0.05) is 24.4 Å². The van der Waals surface area contributed by atoms with E-state index in [1.54, 1.807) is 10.7 Å². The van der Waals surface area contributed by atoms with Crippen LogP contribution in [0.25, 0.3) is 16.9 Å². The molecule has 3 aromatic rings. The number of aryl methyl sites for hydroxylation is 1. The third kappa shape index (κ3) is 3.38. The molecule has 8 heteroatoms. The topological polar surface area (TPSA) is 82.2 Å². The van der Waals surface area contributed by atoms with Crippen LogP contribution in [-0.2, 0) is 16.3 Å². The van der Waals surface area contributed by atoms with Crippen molar-refractivity contribution in [1.29, 1.82) is 0 Å². The molecule has 7 nitrogen and oxygen atoms in total. The lowest BCUT2D eigenvalue weighted by Crippen LogP contribution is -2.14. The number of hydrogen-bond donors (Lipinski definition) is 0. The van der Waals surface area contributed by atoms with Gasteiger partial charge in [-0.3, -0.25) is 0 Å². The highest BCUT2D eigenvalue weighted by Crippen LogP contribution is 2.29. The van der Waals surface area contributed by atoms with Crippen molar-refractivity contribution >= 4 is 15.4 Å². The van der Waals surface area contributed by atoms with Crippen LogP contribution in [0.2, 0.25) is 0 Å². The Labute approximate surface area is 153 Å². The minimum atomic E-state index is -2.98. The van der Waals surface area contributed by atoms with Crippen LogP contribution in [0.3, 0.4) is 0 Å². The lowest BCUT2D eigenvalue weighted by Gasteiger charge is -2.11. The van der Waals surface area contributed by atoms with Gasteiger partial charge in [-0.25, -0.2) is 22.6 Å². The molecular weight excluding hydrogens is 350 g/mol. The molecule has 1 atom stereocenters. The Balaban J connectivity index is 1.73. The molecule has 26 heavy (non-hydrogen) atoms. The van der Waals surface area contributed by atoms with Crippen LogP contribution in [0, 0.1) is 0 Å². The first-order valence-corrected chi connectivity index (χ1v) is 11.0. The van der Waals surface area contributed by atoms with Gasteiger partial charge in [-0.1, -0.05) is 19.8 Å². The van der Waals surface area contributed by atoms with E-state index in [0.29, 0.717) is 6.42 Å². The summed E-state index contributed by atoms with van der Waals surface area (Å²) in [6.45, 7) is 2.17. The fraction of sp³-hybridized carbons (Fsp3) is 0.500. The lowest BCUT2D eigenvalue weighted by atomic mass is 10.2. The van der Waals surface area contributed by atoms with Crippen molar-refractivity contribution in [2.24, 2.45) is 0 Å². The molecule has 0 saturated carbocycles. The number of pyridine rings is 1. The minimum absolute atomic E-state index is 0.136. The van der Waals surface area contributed by atoms with Crippen molar-refractivity contribution in [3.8, 4) is 11.4 Å². The molecule has 4 rings (SSSR count). The third-order valence-electron chi connectivity index (χ3n) is 4.89. The molecule has 0 aliphatic carbocycles. The number of hydrogen-bond acceptors (Lipinski definition) is 5. The molecule has 0 radical (unpaired) electrons. The zero-order chi connectivity index (χ0) is 18.1. The molecule has 0 amide bonds. The maximum Gasteiger partial charge on any atom is 0.158 e. The average molecular weight is 373 g/mol. The van der Waals surface area contributed by atoms with E-state index in [4.69, 9.17) is 10.1 Å². The van der Waals surface area contributed by atoms with Gasteiger partial charge in [0.05, 0.1) is 23.1 Å². The van der Waals surface area contributed by atoms with Crippen molar-refractivity contribution in [1.82, 2.24) is 24.4 Å². The first-order valence-electron chi connectivity index (χ1n) is 9.15. The highest BCUT2D eigenvalue weighted by molar-refractivity contribution is 7.91. The largest absolute Gasteiger partial charge is 0.241 e. The second-order valence-electron chi connectivity index (χ2n) is 6.93. The zero-order valence-electron chi connectivity index (χ0n) is 14.9. The number of rotatable bonds is 6. The summed E-state index contributed by atoms with van der Waals surface area (Å²) in [5, 5.41) is 8.91. The van der Waals surface area contributed by atoms with E-state index in [2.05, 4.69) is 12.0 Å². The zero-order valence-corrected chi connectivity index (χ0v) is 15.7. The van der Waals surface area contributed by atoms with Crippen LogP contribution in [0.15, 0.2) is 30.6 Å². The van der Waals surface area contributed by atoms with Gasteiger partial charge >= 0.3 is 0 Å². The van der Waals surface area contributed by atoms with E-state index in [1.807, 2.05) is 29.1 Å². The van der Waals surface area contributed by atoms with Crippen LogP contribution < -0.4 is 0 Å². The number of fused-ring (bicyclic) bond motifs is 1. The van der Waals surface area contributed by atoms with Crippen LogP contribution in [0.4, 0.5) is 0 Å². The van der Waals surface area contributed by atoms with E-state index in [1.165, 1.54) is 0 Å². The van der Waals surface area contributed by atoms with Gasteiger partial charge in [-0.05, 0) is 31.0 Å². The molecule has 4 heterocycles. The fourth-order valence-corrected chi connectivity index (χ4v) is 5.18. The van der Waals surface area contributed by atoms with E-state index in [9.17, 15) is 8.42 Å². The predicted octanol–water partition coefficient (Wildman–Crippen LogP) is 2.69. The Morgan fingerprint density at radius 3 is 2.92 bits per heavy atom. The maximum absolute atomic E-state index is 11.9. The van der Waals surface area contributed by atoms with Crippen molar-refractivity contribution in [2.75, 3.05) is 11.5 Å². The summed E-state index contributed by atoms with van der Waals surface area (Å²) >= 11 is 0. The predicted molar refractivity (Wildman–Crippen MR) is 99.7 cm³/mol. The Bertz CT molecular complexity index is 1020. The summed E-state index contributed by atoms with van der Waals surface area (Å²) in [4.78, 5) is 4.76. The van der Waals surface area contributed by atoms with Crippen LogP contribution in [0.1, 0.15) is 44.5 Å². The first-order chi connectivity index (χ1) is 12.6. The van der Waals surface area contributed by atoms with Crippen LogP contribution in [-0.4, -0.2) is 44.3 Å². The van der Waals surface area contributed by atoms with Gasteiger partial charge in [0.25, 0.3) is 0 Å². The SMILES string of the molecule is CCCCCc1nc(-c2ccn3nccc3c2)n(C2CCS(=O)(=O)C2)n1. The molecule has 0 N–H and O–H groups in total. The quantitative estimate of drug-likeness (QED) is 0.621. The molecule has 1 aliphatic heterocycles. The molecule has 0 bridgehead atoms. The smallest absolute Gasteiger partial charge is 0.158 e. The first kappa shape index (κ1) is 17.2. The Kier molecular flexibility index (Phi) is 4.52. The van der Waals surface area contributed by atoms with Gasteiger partial charge in [0.2, 0.25) is 0 Å². The second kappa shape index (κ2) is 6.83. The average Bonchev–Trinajstić information content (AvgIpc) is 3.32. The molecule has 0 spiro atoms. The summed E-state index contributed by atoms with van der Waals surface area (Å²) in [6.07, 6.45) is 8.40. The number of unbranched alkanes of at least 4 members (excludes halogenated alkanes) is 2. The molecule has 1 fully saturated rings. The van der Waals surface area contributed by atoms with E-state index >= 15 is 0 Å². The van der Waals surface area contributed by atoms with E-state index in [0.717, 1.165) is 48.4 Å². The molecule has 138 valence electrons. The molecule has 0 aromatic carbocycles. The summed E-state index contributed by atoms with van der Waals surface area (Å²) in [6, 6.07) is 5.78. The Morgan fingerprint density at radius 2 is 2.15 bits per heavy atom. The molecule has 1 unspecified atom stereocenters. The van der Waals surface area contributed by atoms with Gasteiger partial charge < -0.3 is 0 Å². The summed E-state index contributed by atoms with van der Waals surface area (Å²) < 4.78 is 27.5. The fourth-order valence-electron chi connectivity index (χ4n) is 3.49. The lowest BCUT2D eigenvalue weighted by molar-refractivity contribution is 0.498. The van der Waals surface area contributed by atoms with Gasteiger partial charge in [0.15, 0.2) is 21.5 Å². The normalized spacial score (nSPS) is 19.3. The molecule has 1 aliphatic rings. The number of aromatic nitrogens is 5. The van der Waals surface area contributed by atoms with E-state index in [-0.39, 0.29) is 17.5 Å². The molecule has 3 aromatic heterocycles. The standard InChI is InChI=1S/C18H23N5O2S/c1-2-3-4-5-17-20-18(14-7-10-22-15(12-14)6-9-19-22)23(21-17)16-8-11-26(24,25)13-16/h6-7,9-10,12,16H,2-5,8,11,13H2,1H3. The Hall–Kier alpha value is -2.22. The summed E-state index contributed by atoms with van der Waals surface area (Å²) in [7, 11) is -2.98. The van der Waals surface area contributed by atoms with Crippen LogP contribution >= 0.6 is 0 Å². The van der Waals surface area contributed by atoms with E-state index < -0.39 is 9.84 Å². The van der Waals surface area contributed by atoms with Crippen LogP contribution in [0.5, 0.6) is 0 Å².